The molecule has 1 atom stereocenters. The van der Waals surface area contributed by atoms with Crippen LogP contribution in [0.1, 0.15) is 40.0 Å². The number of hydrogen-bond acceptors (Lipinski definition) is 4. The van der Waals surface area contributed by atoms with Crippen molar-refractivity contribution in [2.45, 2.75) is 45.6 Å². The van der Waals surface area contributed by atoms with Gasteiger partial charge in [-0.1, -0.05) is 0 Å². The van der Waals surface area contributed by atoms with Gasteiger partial charge in [-0.3, -0.25) is 4.90 Å². The molecule has 1 aliphatic heterocycles. The van der Waals surface area contributed by atoms with Gasteiger partial charge in [-0.2, -0.15) is 0 Å². The Balaban J connectivity index is 1.72. The molecule has 0 aromatic heterocycles. The summed E-state index contributed by atoms with van der Waals surface area (Å²) >= 11 is 0. The maximum atomic E-state index is 12.0. The Morgan fingerprint density at radius 3 is 2.52 bits per heavy atom. The van der Waals surface area contributed by atoms with Crippen molar-refractivity contribution in [3.63, 3.8) is 0 Å². The van der Waals surface area contributed by atoms with Crippen LogP contribution in [0.5, 0.6) is 0 Å². The van der Waals surface area contributed by atoms with E-state index >= 15 is 0 Å². The molecule has 2 rings (SSSR count). The lowest BCUT2D eigenvalue weighted by atomic mass is 9.92. The fourth-order valence-corrected chi connectivity index (χ4v) is 2.85. The maximum absolute atomic E-state index is 12.0. The second-order valence-corrected chi connectivity index (χ2v) is 7.10. The number of hydrogen-bond donors (Lipinski definition) is 1. The lowest BCUT2D eigenvalue weighted by molar-refractivity contribution is 0.0131. The Labute approximate surface area is 127 Å². The van der Waals surface area contributed by atoms with Crippen molar-refractivity contribution >= 4 is 6.09 Å². The Kier molecular flexibility index (Phi) is 5.14. The molecule has 1 heterocycles. The molecule has 0 bridgehead atoms. The molecule has 2 aliphatic rings. The van der Waals surface area contributed by atoms with Crippen LogP contribution in [0.3, 0.4) is 0 Å². The van der Waals surface area contributed by atoms with Crippen LogP contribution in [0.25, 0.3) is 0 Å². The van der Waals surface area contributed by atoms with Gasteiger partial charge in [0, 0.05) is 39.1 Å². The van der Waals surface area contributed by atoms with Crippen LogP contribution < -0.4 is 0 Å². The zero-order valence-corrected chi connectivity index (χ0v) is 13.5. The molecule has 1 saturated heterocycles. The molecule has 0 spiro atoms. The van der Waals surface area contributed by atoms with Gasteiger partial charge in [0.05, 0.1) is 5.76 Å². The van der Waals surface area contributed by atoms with E-state index in [4.69, 9.17) is 4.74 Å². The van der Waals surface area contributed by atoms with Crippen LogP contribution in [-0.2, 0) is 4.74 Å². The second kappa shape index (κ2) is 6.69. The summed E-state index contributed by atoms with van der Waals surface area (Å²) in [5.41, 5.74) is -0.426. The number of rotatable bonds is 2. The molecule has 1 N–H and O–H groups in total. The van der Waals surface area contributed by atoms with E-state index in [9.17, 15) is 9.90 Å². The van der Waals surface area contributed by atoms with Crippen LogP contribution in [0.2, 0.25) is 0 Å². The smallest absolute Gasteiger partial charge is 0.410 e. The fraction of sp³-hybridized carbons (Fsp3) is 0.812. The minimum Gasteiger partial charge on any atom is -0.513 e. The molecule has 1 fully saturated rings. The summed E-state index contributed by atoms with van der Waals surface area (Å²) in [5, 5.41) is 9.41. The molecule has 21 heavy (non-hydrogen) atoms. The van der Waals surface area contributed by atoms with Gasteiger partial charge in [0.1, 0.15) is 5.60 Å². The third kappa shape index (κ3) is 5.23. The van der Waals surface area contributed by atoms with Crippen LogP contribution in [0.15, 0.2) is 11.8 Å². The summed E-state index contributed by atoms with van der Waals surface area (Å²) in [5.74, 6) is 1.18. The van der Waals surface area contributed by atoms with Gasteiger partial charge in [0.2, 0.25) is 0 Å². The summed E-state index contributed by atoms with van der Waals surface area (Å²) in [6, 6.07) is 0. The zero-order valence-electron chi connectivity index (χ0n) is 13.5. The van der Waals surface area contributed by atoms with Gasteiger partial charge in [0.15, 0.2) is 0 Å². The van der Waals surface area contributed by atoms with Gasteiger partial charge in [-0.15, -0.1) is 0 Å². The number of piperazine rings is 1. The molecule has 0 radical (unpaired) electrons. The van der Waals surface area contributed by atoms with E-state index in [1.165, 1.54) is 0 Å². The van der Waals surface area contributed by atoms with Crippen molar-refractivity contribution in [2.24, 2.45) is 5.92 Å². The molecule has 1 amide bonds. The Hall–Kier alpha value is -1.23. The summed E-state index contributed by atoms with van der Waals surface area (Å²) in [7, 11) is 0. The normalized spacial score (nSPS) is 24.6. The van der Waals surface area contributed by atoms with E-state index in [0.717, 1.165) is 52.0 Å². The van der Waals surface area contributed by atoms with Crippen LogP contribution in [0.4, 0.5) is 4.79 Å². The number of ether oxygens (including phenoxy) is 1. The van der Waals surface area contributed by atoms with E-state index in [1.807, 2.05) is 26.8 Å². The molecule has 5 heteroatoms. The minimum atomic E-state index is -0.426. The number of allylic oxidation sites excluding steroid dienone is 2. The van der Waals surface area contributed by atoms with Crippen molar-refractivity contribution in [3.05, 3.63) is 11.8 Å². The highest BCUT2D eigenvalue weighted by Crippen LogP contribution is 2.23. The first-order valence-corrected chi connectivity index (χ1v) is 7.92. The zero-order chi connectivity index (χ0) is 15.5. The molecule has 1 aliphatic carbocycles. The molecule has 0 aromatic rings. The highest BCUT2D eigenvalue weighted by Gasteiger charge is 2.27. The number of aliphatic hydroxyl groups excluding tert-OH is 1. The monoisotopic (exact) mass is 296 g/mol. The molecule has 120 valence electrons. The Morgan fingerprint density at radius 2 is 2.00 bits per heavy atom. The van der Waals surface area contributed by atoms with E-state index < -0.39 is 5.60 Å². The Morgan fingerprint density at radius 1 is 1.33 bits per heavy atom. The second-order valence-electron chi connectivity index (χ2n) is 7.10. The van der Waals surface area contributed by atoms with E-state index in [0.29, 0.717) is 11.7 Å². The van der Waals surface area contributed by atoms with Crippen LogP contribution in [0, 0.1) is 5.92 Å². The van der Waals surface area contributed by atoms with Gasteiger partial charge < -0.3 is 14.7 Å². The highest BCUT2D eigenvalue weighted by atomic mass is 16.6. The first-order chi connectivity index (χ1) is 9.83. The summed E-state index contributed by atoms with van der Waals surface area (Å²) in [6.45, 7) is 10.0. The quantitative estimate of drug-likeness (QED) is 0.851. The Bertz CT molecular complexity index is 393. The van der Waals surface area contributed by atoms with Gasteiger partial charge in [-0.05, 0) is 45.6 Å². The maximum Gasteiger partial charge on any atom is 0.410 e. The molecular formula is C16H28N2O3. The number of carbonyl (C=O) groups is 1. The summed E-state index contributed by atoms with van der Waals surface area (Å²) in [4.78, 5) is 16.2. The summed E-state index contributed by atoms with van der Waals surface area (Å²) < 4.78 is 5.41. The SMILES string of the molecule is CC(C)(C)OC(=O)N1CCN(CC2CC=C(O)CC2)CC1. The average Bonchev–Trinajstić information content (AvgIpc) is 2.40. The molecule has 5 nitrogen and oxygen atoms in total. The third-order valence-corrected chi connectivity index (χ3v) is 4.04. The van der Waals surface area contributed by atoms with Crippen molar-refractivity contribution in [1.82, 2.24) is 9.80 Å². The van der Waals surface area contributed by atoms with Gasteiger partial charge >= 0.3 is 6.09 Å². The number of carbonyl (C=O) groups excluding carboxylic acids is 1. The lowest BCUT2D eigenvalue weighted by Gasteiger charge is -2.37. The van der Waals surface area contributed by atoms with E-state index in [1.54, 1.807) is 4.90 Å². The van der Waals surface area contributed by atoms with Crippen molar-refractivity contribution < 1.29 is 14.6 Å². The van der Waals surface area contributed by atoms with Crippen molar-refractivity contribution in [2.75, 3.05) is 32.7 Å². The highest BCUT2D eigenvalue weighted by molar-refractivity contribution is 5.68. The molecule has 0 aromatic carbocycles. The van der Waals surface area contributed by atoms with E-state index in [2.05, 4.69) is 4.90 Å². The van der Waals surface area contributed by atoms with Crippen molar-refractivity contribution in [3.8, 4) is 0 Å². The van der Waals surface area contributed by atoms with Gasteiger partial charge in [0.25, 0.3) is 0 Å². The predicted molar refractivity (Wildman–Crippen MR) is 82.3 cm³/mol. The van der Waals surface area contributed by atoms with Crippen LogP contribution in [-0.4, -0.2) is 59.3 Å². The predicted octanol–water partition coefficient (Wildman–Crippen LogP) is 2.78. The number of amides is 1. The fourth-order valence-electron chi connectivity index (χ4n) is 2.85. The first-order valence-electron chi connectivity index (χ1n) is 7.92. The lowest BCUT2D eigenvalue weighted by Crippen LogP contribution is -2.50. The van der Waals surface area contributed by atoms with Crippen LogP contribution >= 0.6 is 0 Å². The topological polar surface area (TPSA) is 53.0 Å². The first kappa shape index (κ1) is 16.1. The molecular weight excluding hydrogens is 268 g/mol. The van der Waals surface area contributed by atoms with Gasteiger partial charge in [-0.25, -0.2) is 4.79 Å². The van der Waals surface area contributed by atoms with E-state index in [-0.39, 0.29) is 6.09 Å². The average molecular weight is 296 g/mol. The number of nitrogens with zero attached hydrogens (tertiary/aromatic N) is 2. The molecule has 1 unspecified atom stereocenters. The largest absolute Gasteiger partial charge is 0.513 e. The summed E-state index contributed by atoms with van der Waals surface area (Å²) in [6.07, 6.45) is 4.59. The standard InChI is InChI=1S/C16H28N2O3/c1-16(2,3)21-15(20)18-10-8-17(9-11-18)12-13-4-6-14(19)7-5-13/h6,13,19H,4-5,7-12H2,1-3H3. The molecule has 0 saturated carbocycles. The number of aliphatic hydroxyl groups is 1. The minimum absolute atomic E-state index is 0.201. The third-order valence-electron chi connectivity index (χ3n) is 4.04. The van der Waals surface area contributed by atoms with Crippen molar-refractivity contribution in [1.29, 1.82) is 0 Å².